The van der Waals surface area contributed by atoms with Gasteiger partial charge in [0, 0.05) is 12.1 Å². The van der Waals surface area contributed by atoms with E-state index in [2.05, 4.69) is 10.1 Å². The standard InChI is InChI=1S/C23H21NO9/c1-12(23(28)29-2)24-20(26)11-32-14-8-16(25)21-19(9-14)33-10-15(22(21)27)13-3-4-17-18(7-13)31-6-5-30-17/h3-4,7-10,12,25H,5-6,11H2,1-2H3,(H,24,26)/t12-/m0/s1. The Bertz CT molecular complexity index is 1280. The summed E-state index contributed by atoms with van der Waals surface area (Å²) < 4.78 is 26.5. The van der Waals surface area contributed by atoms with E-state index >= 15 is 0 Å². The molecule has 2 heterocycles. The summed E-state index contributed by atoms with van der Waals surface area (Å²) in [6.07, 6.45) is 1.28. The number of aromatic hydroxyl groups is 1. The van der Waals surface area contributed by atoms with E-state index in [1.54, 1.807) is 18.2 Å². The van der Waals surface area contributed by atoms with Gasteiger partial charge in [-0.3, -0.25) is 9.59 Å². The molecule has 0 radical (unpaired) electrons. The SMILES string of the molecule is COC(=O)[C@H](C)NC(=O)COc1cc(O)c2c(=O)c(-c3ccc4c(c3)OCCO4)coc2c1. The predicted molar refractivity (Wildman–Crippen MR) is 116 cm³/mol. The molecule has 2 N–H and O–H groups in total. The van der Waals surface area contributed by atoms with Crippen molar-refractivity contribution in [3.63, 3.8) is 0 Å². The third-order valence-corrected chi connectivity index (χ3v) is 4.99. The van der Waals surface area contributed by atoms with Crippen LogP contribution in [0.3, 0.4) is 0 Å². The van der Waals surface area contributed by atoms with Crippen LogP contribution in [0.4, 0.5) is 0 Å². The number of esters is 1. The van der Waals surface area contributed by atoms with Crippen molar-refractivity contribution >= 4 is 22.8 Å². The second-order valence-electron chi connectivity index (χ2n) is 7.25. The molecule has 4 rings (SSSR count). The lowest BCUT2D eigenvalue weighted by molar-refractivity contribution is -0.144. The Balaban J connectivity index is 1.56. The molecule has 10 nitrogen and oxygen atoms in total. The van der Waals surface area contributed by atoms with Gasteiger partial charge < -0.3 is 33.8 Å². The van der Waals surface area contributed by atoms with Gasteiger partial charge in [0.2, 0.25) is 5.43 Å². The molecule has 172 valence electrons. The molecule has 0 unspecified atom stereocenters. The van der Waals surface area contributed by atoms with Crippen LogP contribution in [0.1, 0.15) is 6.92 Å². The highest BCUT2D eigenvalue weighted by molar-refractivity contribution is 5.88. The molecule has 0 saturated carbocycles. The number of hydrogen-bond donors (Lipinski definition) is 2. The number of nitrogens with one attached hydrogen (secondary N) is 1. The van der Waals surface area contributed by atoms with Gasteiger partial charge in [0.1, 0.15) is 48.0 Å². The van der Waals surface area contributed by atoms with Crippen LogP contribution in [0.25, 0.3) is 22.1 Å². The first kappa shape index (κ1) is 22.0. The number of carbonyl (C=O) groups is 2. The lowest BCUT2D eigenvalue weighted by Crippen LogP contribution is -2.41. The quantitative estimate of drug-likeness (QED) is 0.535. The molecule has 1 atom stereocenters. The van der Waals surface area contributed by atoms with Crippen LogP contribution in [0, 0.1) is 0 Å². The van der Waals surface area contributed by atoms with Crippen molar-refractivity contribution < 1.29 is 38.1 Å². The van der Waals surface area contributed by atoms with Gasteiger partial charge >= 0.3 is 5.97 Å². The first-order valence-electron chi connectivity index (χ1n) is 10.1. The number of carbonyl (C=O) groups excluding carboxylic acids is 2. The number of methoxy groups -OCH3 is 1. The normalized spacial score (nSPS) is 13.3. The Labute approximate surface area is 187 Å². The van der Waals surface area contributed by atoms with Gasteiger partial charge in [-0.15, -0.1) is 0 Å². The van der Waals surface area contributed by atoms with Crippen molar-refractivity contribution in [1.29, 1.82) is 0 Å². The zero-order valence-corrected chi connectivity index (χ0v) is 17.9. The predicted octanol–water partition coefficient (Wildman–Crippen LogP) is 1.99. The minimum Gasteiger partial charge on any atom is -0.507 e. The Morgan fingerprint density at radius 3 is 2.67 bits per heavy atom. The number of rotatable bonds is 6. The molecule has 1 amide bonds. The number of phenols is 1. The molecule has 0 aliphatic carbocycles. The van der Waals surface area contributed by atoms with E-state index in [0.29, 0.717) is 30.3 Å². The van der Waals surface area contributed by atoms with Crippen LogP contribution in [0.2, 0.25) is 0 Å². The topological polar surface area (TPSA) is 134 Å². The molecule has 33 heavy (non-hydrogen) atoms. The van der Waals surface area contributed by atoms with Crippen LogP contribution in [-0.4, -0.2) is 50.0 Å². The second kappa shape index (κ2) is 9.11. The molecule has 3 aromatic rings. The zero-order valence-electron chi connectivity index (χ0n) is 17.9. The van der Waals surface area contributed by atoms with E-state index < -0.39 is 30.0 Å². The summed E-state index contributed by atoms with van der Waals surface area (Å²) in [5, 5.41) is 12.9. The fourth-order valence-corrected chi connectivity index (χ4v) is 3.37. The molecule has 1 aliphatic rings. The van der Waals surface area contributed by atoms with Crippen LogP contribution < -0.4 is 25.0 Å². The summed E-state index contributed by atoms with van der Waals surface area (Å²) in [6, 6.07) is 6.85. The van der Waals surface area contributed by atoms with Crippen LogP contribution >= 0.6 is 0 Å². The first-order chi connectivity index (χ1) is 15.9. The van der Waals surface area contributed by atoms with Crippen molar-refractivity contribution in [3.05, 3.63) is 46.8 Å². The van der Waals surface area contributed by atoms with Gasteiger partial charge in [-0.2, -0.15) is 0 Å². The van der Waals surface area contributed by atoms with E-state index in [1.165, 1.54) is 32.4 Å². The summed E-state index contributed by atoms with van der Waals surface area (Å²) in [4.78, 5) is 36.4. The average molecular weight is 455 g/mol. The van der Waals surface area contributed by atoms with Crippen molar-refractivity contribution in [2.24, 2.45) is 0 Å². The Morgan fingerprint density at radius 1 is 1.15 bits per heavy atom. The Morgan fingerprint density at radius 2 is 1.91 bits per heavy atom. The molecule has 0 fully saturated rings. The van der Waals surface area contributed by atoms with Gasteiger partial charge in [0.25, 0.3) is 5.91 Å². The second-order valence-corrected chi connectivity index (χ2v) is 7.25. The monoisotopic (exact) mass is 455 g/mol. The number of benzene rings is 2. The van der Waals surface area contributed by atoms with E-state index in [4.69, 9.17) is 18.6 Å². The summed E-state index contributed by atoms with van der Waals surface area (Å²) in [7, 11) is 1.21. The van der Waals surface area contributed by atoms with E-state index in [-0.39, 0.29) is 28.0 Å². The fraction of sp³-hybridized carbons (Fsp3) is 0.261. The number of phenolic OH excluding ortho intramolecular Hbond substituents is 1. The van der Waals surface area contributed by atoms with Gasteiger partial charge in [0.15, 0.2) is 18.1 Å². The molecule has 1 aliphatic heterocycles. The third kappa shape index (κ3) is 4.54. The minimum atomic E-state index is -0.840. The van der Waals surface area contributed by atoms with E-state index in [9.17, 15) is 19.5 Å². The van der Waals surface area contributed by atoms with Crippen molar-refractivity contribution in [1.82, 2.24) is 5.32 Å². The van der Waals surface area contributed by atoms with Crippen molar-refractivity contribution in [2.45, 2.75) is 13.0 Å². The molecular weight excluding hydrogens is 434 g/mol. The van der Waals surface area contributed by atoms with E-state index in [0.717, 1.165) is 0 Å². The molecule has 1 aromatic heterocycles. The Kier molecular flexibility index (Phi) is 6.07. The smallest absolute Gasteiger partial charge is 0.328 e. The maximum absolute atomic E-state index is 13.1. The van der Waals surface area contributed by atoms with Crippen LogP contribution in [0.5, 0.6) is 23.0 Å². The van der Waals surface area contributed by atoms with Gasteiger partial charge in [-0.1, -0.05) is 6.07 Å². The summed E-state index contributed by atoms with van der Waals surface area (Å²) >= 11 is 0. The zero-order chi connectivity index (χ0) is 23.5. The average Bonchev–Trinajstić information content (AvgIpc) is 2.81. The summed E-state index contributed by atoms with van der Waals surface area (Å²) in [5.74, 6) is -0.309. The molecule has 0 spiro atoms. The summed E-state index contributed by atoms with van der Waals surface area (Å²) in [6.45, 7) is 1.91. The highest BCUT2D eigenvalue weighted by Crippen LogP contribution is 2.35. The molecule has 10 heteroatoms. The third-order valence-electron chi connectivity index (χ3n) is 4.99. The fourth-order valence-electron chi connectivity index (χ4n) is 3.37. The van der Waals surface area contributed by atoms with Crippen molar-refractivity contribution in [2.75, 3.05) is 26.9 Å². The molecular formula is C23H21NO9. The molecule has 0 saturated heterocycles. The van der Waals surface area contributed by atoms with Crippen LogP contribution in [0.15, 0.2) is 45.8 Å². The minimum absolute atomic E-state index is 0.0292. The largest absolute Gasteiger partial charge is 0.507 e. The number of amides is 1. The molecule has 2 aromatic carbocycles. The first-order valence-corrected chi connectivity index (χ1v) is 10.1. The summed E-state index contributed by atoms with van der Waals surface area (Å²) in [5.41, 5.74) is 0.423. The lowest BCUT2D eigenvalue weighted by atomic mass is 10.0. The van der Waals surface area contributed by atoms with Crippen LogP contribution in [-0.2, 0) is 14.3 Å². The maximum Gasteiger partial charge on any atom is 0.328 e. The van der Waals surface area contributed by atoms with Gasteiger partial charge in [-0.25, -0.2) is 4.79 Å². The van der Waals surface area contributed by atoms with Gasteiger partial charge in [-0.05, 0) is 24.6 Å². The lowest BCUT2D eigenvalue weighted by Gasteiger charge is -2.18. The van der Waals surface area contributed by atoms with Crippen molar-refractivity contribution in [3.8, 4) is 34.1 Å². The van der Waals surface area contributed by atoms with E-state index in [1.807, 2.05) is 0 Å². The number of fused-ring (bicyclic) bond motifs is 2. The maximum atomic E-state index is 13.1. The van der Waals surface area contributed by atoms with Gasteiger partial charge in [0.05, 0.1) is 12.7 Å². The molecule has 0 bridgehead atoms. The number of hydrogen-bond acceptors (Lipinski definition) is 9. The highest BCUT2D eigenvalue weighted by Gasteiger charge is 2.19. The highest BCUT2D eigenvalue weighted by atomic mass is 16.6. The Hall–Kier alpha value is -4.21. The number of ether oxygens (including phenoxy) is 4.